The maximum Gasteiger partial charge on any atom is 0.274 e. The molecule has 5 nitrogen and oxygen atoms in total. The van der Waals surface area contributed by atoms with E-state index in [0.717, 1.165) is 17.7 Å². The summed E-state index contributed by atoms with van der Waals surface area (Å²) in [5, 5.41) is 5.32. The lowest BCUT2D eigenvalue weighted by atomic mass is 10.1. The van der Waals surface area contributed by atoms with Gasteiger partial charge in [0.1, 0.15) is 12.0 Å². The van der Waals surface area contributed by atoms with Crippen molar-refractivity contribution in [1.82, 2.24) is 14.5 Å². The average Bonchev–Trinajstić information content (AvgIpc) is 2.95. The summed E-state index contributed by atoms with van der Waals surface area (Å²) in [7, 11) is 0. The predicted molar refractivity (Wildman–Crippen MR) is 95.1 cm³/mol. The molecule has 0 aliphatic heterocycles. The Labute approximate surface area is 139 Å². The first kappa shape index (κ1) is 14.4. The lowest BCUT2D eigenvalue weighted by Crippen LogP contribution is -2.13. The van der Waals surface area contributed by atoms with Crippen LogP contribution in [0.25, 0.3) is 21.8 Å². The molecule has 0 radical (unpaired) electrons. The monoisotopic (exact) mass is 316 g/mol. The van der Waals surface area contributed by atoms with Crippen molar-refractivity contribution in [2.75, 3.05) is 5.32 Å². The maximum atomic E-state index is 12.3. The SMILES string of the molecule is CCn1c2ccccc2c2ccc(NC(=O)c3ccncn3)cc21. The Morgan fingerprint density at radius 1 is 1.08 bits per heavy atom. The second kappa shape index (κ2) is 5.77. The van der Waals surface area contributed by atoms with Crippen LogP contribution in [0.5, 0.6) is 0 Å². The van der Waals surface area contributed by atoms with E-state index in [2.05, 4.69) is 45.0 Å². The van der Waals surface area contributed by atoms with E-state index >= 15 is 0 Å². The van der Waals surface area contributed by atoms with Crippen LogP contribution < -0.4 is 5.32 Å². The number of anilines is 1. The molecule has 118 valence electrons. The summed E-state index contributed by atoms with van der Waals surface area (Å²) in [6, 6.07) is 15.9. The summed E-state index contributed by atoms with van der Waals surface area (Å²) < 4.78 is 2.25. The van der Waals surface area contributed by atoms with Crippen molar-refractivity contribution in [1.29, 1.82) is 0 Å². The molecule has 0 bridgehead atoms. The van der Waals surface area contributed by atoms with Crippen LogP contribution in [0.3, 0.4) is 0 Å². The summed E-state index contributed by atoms with van der Waals surface area (Å²) >= 11 is 0. The number of nitrogens with zero attached hydrogens (tertiary/aromatic N) is 3. The van der Waals surface area contributed by atoms with Crippen LogP contribution in [0.4, 0.5) is 5.69 Å². The van der Waals surface area contributed by atoms with Gasteiger partial charge in [-0.05, 0) is 31.2 Å². The highest BCUT2D eigenvalue weighted by Gasteiger charge is 2.11. The highest BCUT2D eigenvalue weighted by atomic mass is 16.1. The molecule has 0 aliphatic carbocycles. The molecule has 2 heterocycles. The summed E-state index contributed by atoms with van der Waals surface area (Å²) in [5.41, 5.74) is 3.42. The summed E-state index contributed by atoms with van der Waals surface area (Å²) in [4.78, 5) is 20.1. The van der Waals surface area contributed by atoms with Crippen molar-refractivity contribution in [2.24, 2.45) is 0 Å². The van der Waals surface area contributed by atoms with Gasteiger partial charge in [-0.15, -0.1) is 0 Å². The van der Waals surface area contributed by atoms with Crippen LogP contribution in [0.1, 0.15) is 17.4 Å². The lowest BCUT2D eigenvalue weighted by molar-refractivity contribution is 0.102. The van der Waals surface area contributed by atoms with Gasteiger partial charge in [0.25, 0.3) is 5.91 Å². The average molecular weight is 316 g/mol. The first-order valence-electron chi connectivity index (χ1n) is 7.86. The molecule has 0 unspecified atom stereocenters. The molecule has 4 aromatic rings. The highest BCUT2D eigenvalue weighted by Crippen LogP contribution is 2.30. The van der Waals surface area contributed by atoms with Crippen molar-refractivity contribution in [3.63, 3.8) is 0 Å². The summed E-state index contributed by atoms with van der Waals surface area (Å²) in [6.45, 7) is 2.99. The van der Waals surface area contributed by atoms with E-state index in [-0.39, 0.29) is 5.91 Å². The quantitative estimate of drug-likeness (QED) is 0.624. The Morgan fingerprint density at radius 3 is 2.71 bits per heavy atom. The molecular formula is C19H16N4O. The number of benzene rings is 2. The van der Waals surface area contributed by atoms with E-state index in [1.54, 1.807) is 12.3 Å². The lowest BCUT2D eigenvalue weighted by Gasteiger charge is -2.07. The van der Waals surface area contributed by atoms with Gasteiger partial charge in [0, 0.05) is 34.7 Å². The second-order valence-electron chi connectivity index (χ2n) is 5.54. The maximum absolute atomic E-state index is 12.3. The van der Waals surface area contributed by atoms with E-state index in [1.807, 2.05) is 24.3 Å². The van der Waals surface area contributed by atoms with Crippen LogP contribution in [0, 0.1) is 0 Å². The number of carbonyl (C=O) groups is 1. The zero-order valence-electron chi connectivity index (χ0n) is 13.2. The van der Waals surface area contributed by atoms with Crippen molar-refractivity contribution in [3.05, 3.63) is 66.7 Å². The van der Waals surface area contributed by atoms with Gasteiger partial charge in [-0.25, -0.2) is 9.97 Å². The van der Waals surface area contributed by atoms with E-state index in [4.69, 9.17) is 0 Å². The zero-order chi connectivity index (χ0) is 16.5. The van der Waals surface area contributed by atoms with Gasteiger partial charge >= 0.3 is 0 Å². The highest BCUT2D eigenvalue weighted by molar-refractivity contribution is 6.10. The predicted octanol–water partition coefficient (Wildman–Crippen LogP) is 3.86. The Hall–Kier alpha value is -3.21. The molecule has 1 amide bonds. The van der Waals surface area contributed by atoms with Gasteiger partial charge in [0.15, 0.2) is 0 Å². The standard InChI is InChI=1S/C19H16N4O/c1-2-23-17-6-4-3-5-14(17)15-8-7-13(11-18(15)23)22-19(24)16-9-10-20-12-21-16/h3-12H,2H2,1H3,(H,22,24). The summed E-state index contributed by atoms with van der Waals surface area (Å²) in [5.74, 6) is -0.240. The van der Waals surface area contributed by atoms with Gasteiger partial charge in [-0.3, -0.25) is 4.79 Å². The van der Waals surface area contributed by atoms with Gasteiger partial charge < -0.3 is 9.88 Å². The first-order valence-corrected chi connectivity index (χ1v) is 7.86. The van der Waals surface area contributed by atoms with Crippen LogP contribution in [0.15, 0.2) is 61.1 Å². The van der Waals surface area contributed by atoms with Crippen molar-refractivity contribution in [3.8, 4) is 0 Å². The number of hydrogen-bond acceptors (Lipinski definition) is 3. The molecule has 0 spiro atoms. The number of fused-ring (bicyclic) bond motifs is 3. The molecule has 5 heteroatoms. The number of amides is 1. The molecule has 0 saturated carbocycles. The molecule has 0 aliphatic rings. The fourth-order valence-corrected chi connectivity index (χ4v) is 3.09. The smallest absolute Gasteiger partial charge is 0.274 e. The Kier molecular flexibility index (Phi) is 3.46. The van der Waals surface area contributed by atoms with Gasteiger partial charge in [0.05, 0.1) is 5.52 Å². The molecule has 0 saturated heterocycles. The molecule has 0 fully saturated rings. The fourth-order valence-electron chi connectivity index (χ4n) is 3.09. The minimum absolute atomic E-state index is 0.240. The zero-order valence-corrected chi connectivity index (χ0v) is 13.2. The molecule has 1 N–H and O–H groups in total. The number of carbonyl (C=O) groups excluding carboxylic acids is 1. The van der Waals surface area contributed by atoms with Crippen LogP contribution in [-0.4, -0.2) is 20.4 Å². The Morgan fingerprint density at radius 2 is 1.92 bits per heavy atom. The third-order valence-electron chi connectivity index (χ3n) is 4.16. The topological polar surface area (TPSA) is 59.8 Å². The minimum atomic E-state index is -0.240. The van der Waals surface area contributed by atoms with Crippen molar-refractivity contribution < 1.29 is 4.79 Å². The molecule has 4 rings (SSSR count). The number of aryl methyl sites for hydroxylation is 1. The molecule has 0 atom stereocenters. The number of rotatable bonds is 3. The minimum Gasteiger partial charge on any atom is -0.341 e. The van der Waals surface area contributed by atoms with Gasteiger partial charge in [-0.1, -0.05) is 24.3 Å². The fraction of sp³-hybridized carbons (Fsp3) is 0.105. The van der Waals surface area contributed by atoms with Crippen molar-refractivity contribution >= 4 is 33.4 Å². The second-order valence-corrected chi connectivity index (χ2v) is 5.54. The van der Waals surface area contributed by atoms with E-state index < -0.39 is 0 Å². The Balaban J connectivity index is 1.78. The van der Waals surface area contributed by atoms with E-state index in [1.165, 1.54) is 22.6 Å². The number of aromatic nitrogens is 3. The third-order valence-corrected chi connectivity index (χ3v) is 4.16. The largest absolute Gasteiger partial charge is 0.341 e. The summed E-state index contributed by atoms with van der Waals surface area (Å²) in [6.07, 6.45) is 2.92. The normalized spacial score (nSPS) is 11.0. The van der Waals surface area contributed by atoms with Crippen LogP contribution >= 0.6 is 0 Å². The van der Waals surface area contributed by atoms with Gasteiger partial charge in [0.2, 0.25) is 0 Å². The third kappa shape index (κ3) is 2.31. The Bertz CT molecular complexity index is 1040. The van der Waals surface area contributed by atoms with Crippen LogP contribution in [0.2, 0.25) is 0 Å². The molecule has 2 aromatic carbocycles. The van der Waals surface area contributed by atoms with E-state index in [9.17, 15) is 4.79 Å². The van der Waals surface area contributed by atoms with E-state index in [0.29, 0.717) is 5.69 Å². The van der Waals surface area contributed by atoms with Gasteiger partial charge in [-0.2, -0.15) is 0 Å². The molecule has 2 aromatic heterocycles. The number of hydrogen-bond donors (Lipinski definition) is 1. The molecule has 24 heavy (non-hydrogen) atoms. The van der Waals surface area contributed by atoms with Crippen molar-refractivity contribution in [2.45, 2.75) is 13.5 Å². The van der Waals surface area contributed by atoms with Crippen LogP contribution in [-0.2, 0) is 6.54 Å². The molecular weight excluding hydrogens is 300 g/mol. The number of nitrogens with one attached hydrogen (secondary N) is 1. The first-order chi connectivity index (χ1) is 11.8. The number of para-hydroxylation sites is 1.